The van der Waals surface area contributed by atoms with E-state index >= 15 is 0 Å². The molecule has 0 amide bonds. The van der Waals surface area contributed by atoms with Crippen LogP contribution in [0.5, 0.6) is 0 Å². The summed E-state index contributed by atoms with van der Waals surface area (Å²) in [4.78, 5) is 12.6. The van der Waals surface area contributed by atoms with Crippen LogP contribution in [0.1, 0.15) is 16.1 Å². The Morgan fingerprint density at radius 1 is 1.29 bits per heavy atom. The van der Waals surface area contributed by atoms with E-state index in [-0.39, 0.29) is 5.91 Å². The third kappa shape index (κ3) is 2.33. The summed E-state index contributed by atoms with van der Waals surface area (Å²) < 4.78 is 3.34. The first-order valence-corrected chi connectivity index (χ1v) is 7.53. The fourth-order valence-corrected chi connectivity index (χ4v) is 3.08. The molecular formula is C14H15N5OS. The van der Waals surface area contributed by atoms with Crippen molar-refractivity contribution in [2.45, 2.75) is 19.0 Å². The standard InChI is InChI=1S/C14H15N5OS/c1-9-10(2)19(12-7-5-4-6-11(9)12)13(20)8-21-14-15-16-17-18(14)3/h4-7H,8H2,1-3H3. The molecule has 0 radical (unpaired) electrons. The summed E-state index contributed by atoms with van der Waals surface area (Å²) in [6.07, 6.45) is 0. The van der Waals surface area contributed by atoms with Gasteiger partial charge in [0.2, 0.25) is 11.1 Å². The second-order valence-electron chi connectivity index (χ2n) is 4.83. The topological polar surface area (TPSA) is 65.6 Å². The molecule has 0 unspecified atom stereocenters. The summed E-state index contributed by atoms with van der Waals surface area (Å²) in [7, 11) is 1.76. The first-order chi connectivity index (χ1) is 10.1. The average Bonchev–Trinajstić information content (AvgIpc) is 3.00. The molecular weight excluding hydrogens is 286 g/mol. The largest absolute Gasteiger partial charge is 0.284 e. The lowest BCUT2D eigenvalue weighted by Gasteiger charge is -2.06. The van der Waals surface area contributed by atoms with Crippen LogP contribution in [0.25, 0.3) is 10.9 Å². The Labute approximate surface area is 126 Å². The van der Waals surface area contributed by atoms with Crippen LogP contribution in [0.4, 0.5) is 0 Å². The zero-order valence-corrected chi connectivity index (χ0v) is 12.9. The van der Waals surface area contributed by atoms with E-state index < -0.39 is 0 Å². The number of nitrogens with zero attached hydrogens (tertiary/aromatic N) is 5. The van der Waals surface area contributed by atoms with Crippen molar-refractivity contribution in [1.82, 2.24) is 24.8 Å². The summed E-state index contributed by atoms with van der Waals surface area (Å²) in [6.45, 7) is 4.02. The smallest absolute Gasteiger partial charge is 0.241 e. The van der Waals surface area contributed by atoms with Gasteiger partial charge in [-0.15, -0.1) is 5.10 Å². The lowest BCUT2D eigenvalue weighted by atomic mass is 10.2. The molecule has 0 fully saturated rings. The lowest BCUT2D eigenvalue weighted by molar-refractivity contribution is 0.0945. The second kappa shape index (κ2) is 5.33. The van der Waals surface area contributed by atoms with Crippen LogP contribution in [0.15, 0.2) is 29.4 Å². The molecule has 0 aliphatic carbocycles. The summed E-state index contributed by atoms with van der Waals surface area (Å²) in [5.41, 5.74) is 3.08. The number of tetrazole rings is 1. The van der Waals surface area contributed by atoms with Crippen molar-refractivity contribution in [3.8, 4) is 0 Å². The summed E-state index contributed by atoms with van der Waals surface area (Å²) >= 11 is 1.34. The number of hydrogen-bond acceptors (Lipinski definition) is 5. The summed E-state index contributed by atoms with van der Waals surface area (Å²) in [5, 5.41) is 13.0. The molecule has 0 saturated carbocycles. The van der Waals surface area contributed by atoms with Crippen molar-refractivity contribution < 1.29 is 4.79 Å². The maximum Gasteiger partial charge on any atom is 0.241 e. The number of rotatable bonds is 3. The number of aryl methyl sites for hydroxylation is 2. The molecule has 2 heterocycles. The first kappa shape index (κ1) is 13.8. The van der Waals surface area contributed by atoms with Crippen molar-refractivity contribution >= 4 is 28.6 Å². The van der Waals surface area contributed by atoms with Crippen molar-refractivity contribution in [1.29, 1.82) is 0 Å². The molecule has 3 aromatic rings. The second-order valence-corrected chi connectivity index (χ2v) is 5.77. The molecule has 0 aliphatic heterocycles. The van der Waals surface area contributed by atoms with Crippen LogP contribution in [-0.2, 0) is 7.05 Å². The maximum atomic E-state index is 12.6. The Balaban J connectivity index is 1.91. The normalized spacial score (nSPS) is 11.2. The predicted octanol–water partition coefficient (Wildman–Crippen LogP) is 2.21. The van der Waals surface area contributed by atoms with Crippen LogP contribution in [0.2, 0.25) is 0 Å². The van der Waals surface area contributed by atoms with E-state index in [1.807, 2.05) is 38.1 Å². The number of thioether (sulfide) groups is 1. The van der Waals surface area contributed by atoms with Gasteiger partial charge in [-0.25, -0.2) is 4.68 Å². The molecule has 0 aliphatic rings. The molecule has 21 heavy (non-hydrogen) atoms. The SMILES string of the molecule is Cc1c(C)n(C(=O)CSc2nnnn2C)c2ccccc12. The number of hydrogen-bond donors (Lipinski definition) is 0. The Morgan fingerprint density at radius 2 is 2.05 bits per heavy atom. The third-order valence-corrected chi connectivity index (χ3v) is 4.58. The van der Waals surface area contributed by atoms with Gasteiger partial charge in [0.1, 0.15) is 0 Å². The van der Waals surface area contributed by atoms with Gasteiger partial charge in [-0.05, 0) is 35.9 Å². The Morgan fingerprint density at radius 3 is 2.76 bits per heavy atom. The van der Waals surface area contributed by atoms with E-state index in [1.54, 1.807) is 16.3 Å². The molecule has 0 atom stereocenters. The van der Waals surface area contributed by atoms with Crippen molar-refractivity contribution in [2.24, 2.45) is 7.05 Å². The highest BCUT2D eigenvalue weighted by Crippen LogP contribution is 2.25. The van der Waals surface area contributed by atoms with Crippen LogP contribution in [-0.4, -0.2) is 36.4 Å². The minimum Gasteiger partial charge on any atom is -0.284 e. The Bertz CT molecular complexity index is 820. The van der Waals surface area contributed by atoms with E-state index in [1.165, 1.54) is 11.8 Å². The van der Waals surface area contributed by atoms with E-state index in [0.717, 1.165) is 22.2 Å². The predicted molar refractivity (Wildman–Crippen MR) is 81.6 cm³/mol. The van der Waals surface area contributed by atoms with E-state index in [9.17, 15) is 4.79 Å². The van der Waals surface area contributed by atoms with Gasteiger partial charge in [-0.1, -0.05) is 30.0 Å². The minimum atomic E-state index is 0.0322. The highest BCUT2D eigenvalue weighted by atomic mass is 32.2. The Hall–Kier alpha value is -2.15. The van der Waals surface area contributed by atoms with E-state index in [0.29, 0.717) is 10.9 Å². The Kier molecular flexibility index (Phi) is 3.50. The van der Waals surface area contributed by atoms with Crippen LogP contribution >= 0.6 is 11.8 Å². The molecule has 2 aromatic heterocycles. The van der Waals surface area contributed by atoms with Gasteiger partial charge < -0.3 is 0 Å². The number of para-hydroxylation sites is 1. The van der Waals surface area contributed by atoms with Gasteiger partial charge in [0.25, 0.3) is 0 Å². The van der Waals surface area contributed by atoms with E-state index in [4.69, 9.17) is 0 Å². The summed E-state index contributed by atoms with van der Waals surface area (Å²) in [5.74, 6) is 0.331. The van der Waals surface area contributed by atoms with Crippen LogP contribution in [0, 0.1) is 13.8 Å². The highest BCUT2D eigenvalue weighted by molar-refractivity contribution is 7.99. The lowest BCUT2D eigenvalue weighted by Crippen LogP contribution is -2.15. The van der Waals surface area contributed by atoms with Crippen molar-refractivity contribution in [3.63, 3.8) is 0 Å². The quantitative estimate of drug-likeness (QED) is 0.694. The fourth-order valence-electron chi connectivity index (χ4n) is 2.38. The van der Waals surface area contributed by atoms with Gasteiger partial charge >= 0.3 is 0 Å². The molecule has 0 saturated heterocycles. The average molecular weight is 301 g/mol. The number of carbonyl (C=O) groups excluding carboxylic acids is 1. The van der Waals surface area contributed by atoms with Crippen LogP contribution < -0.4 is 0 Å². The zero-order chi connectivity index (χ0) is 15.0. The van der Waals surface area contributed by atoms with Crippen molar-refractivity contribution in [3.05, 3.63) is 35.5 Å². The molecule has 0 N–H and O–H groups in total. The van der Waals surface area contributed by atoms with Crippen LogP contribution in [0.3, 0.4) is 0 Å². The monoisotopic (exact) mass is 301 g/mol. The van der Waals surface area contributed by atoms with Gasteiger partial charge in [-0.2, -0.15) is 0 Å². The third-order valence-electron chi connectivity index (χ3n) is 3.58. The van der Waals surface area contributed by atoms with E-state index in [2.05, 4.69) is 15.5 Å². The van der Waals surface area contributed by atoms with Crippen molar-refractivity contribution in [2.75, 3.05) is 5.75 Å². The van der Waals surface area contributed by atoms with Gasteiger partial charge in [-0.3, -0.25) is 9.36 Å². The number of fused-ring (bicyclic) bond motifs is 1. The number of carbonyl (C=O) groups is 1. The molecule has 1 aromatic carbocycles. The molecule has 0 spiro atoms. The number of aromatic nitrogens is 5. The molecule has 3 rings (SSSR count). The maximum absolute atomic E-state index is 12.6. The molecule has 0 bridgehead atoms. The minimum absolute atomic E-state index is 0.0322. The zero-order valence-electron chi connectivity index (χ0n) is 12.1. The number of benzene rings is 1. The van der Waals surface area contributed by atoms with Gasteiger partial charge in [0.15, 0.2) is 0 Å². The molecule has 6 nitrogen and oxygen atoms in total. The first-order valence-electron chi connectivity index (χ1n) is 6.54. The summed E-state index contributed by atoms with van der Waals surface area (Å²) in [6, 6.07) is 7.96. The van der Waals surface area contributed by atoms with Gasteiger partial charge in [0.05, 0.1) is 11.3 Å². The molecule has 108 valence electrons. The highest BCUT2D eigenvalue weighted by Gasteiger charge is 2.17. The van der Waals surface area contributed by atoms with Gasteiger partial charge in [0, 0.05) is 18.1 Å². The fraction of sp³-hybridized carbons (Fsp3) is 0.286. The molecule has 7 heteroatoms.